The maximum absolute atomic E-state index is 17.0. The van der Waals surface area contributed by atoms with E-state index in [9.17, 15) is 19.7 Å². The third-order valence-corrected chi connectivity index (χ3v) is 9.64. The lowest BCUT2D eigenvalue weighted by Crippen LogP contribution is -2.46. The van der Waals surface area contributed by atoms with Gasteiger partial charge >= 0.3 is 6.01 Å². The van der Waals surface area contributed by atoms with Gasteiger partial charge in [-0.15, -0.1) is 0 Å². The molecule has 2 aromatic carbocycles. The number of aryl methyl sites for hydroxylation is 1. The fourth-order valence-corrected chi connectivity index (χ4v) is 7.27. The molecule has 0 aliphatic carbocycles. The highest BCUT2D eigenvalue weighted by molar-refractivity contribution is 6.01. The first kappa shape index (κ1) is 34.8. The maximum Gasteiger partial charge on any atom is 0.319 e. The van der Waals surface area contributed by atoms with Crippen LogP contribution < -0.4 is 9.64 Å². The van der Waals surface area contributed by atoms with E-state index < -0.39 is 28.9 Å². The SMILES string of the molecule is CCCC1(COc2nc(N3CC(CO)OCC(C)(O)C3)c3cnc(-c4cc(O)cc5ccc(F)c(CC)c45)c(F)c3n2)C/C(=C/F)CN1C. The molecule has 262 valence electrons. The number of halogens is 3. The molecule has 0 radical (unpaired) electrons. The summed E-state index contributed by atoms with van der Waals surface area (Å²) in [6.07, 6.45) is 3.64. The molecule has 10 nitrogen and oxygen atoms in total. The number of aromatic nitrogens is 3. The Hall–Kier alpha value is -4.04. The number of aromatic hydroxyl groups is 1. The van der Waals surface area contributed by atoms with Gasteiger partial charge in [0.2, 0.25) is 0 Å². The molecular weight excluding hydrogens is 639 g/mol. The van der Waals surface area contributed by atoms with Crippen LogP contribution >= 0.6 is 0 Å². The predicted molar refractivity (Wildman–Crippen MR) is 180 cm³/mol. The largest absolute Gasteiger partial charge is 0.508 e. The van der Waals surface area contributed by atoms with Crippen LogP contribution in [0.15, 0.2) is 42.4 Å². The van der Waals surface area contributed by atoms with Gasteiger partial charge in [0.15, 0.2) is 5.82 Å². The van der Waals surface area contributed by atoms with Gasteiger partial charge in [0.25, 0.3) is 0 Å². The van der Waals surface area contributed by atoms with E-state index in [0.717, 1.165) is 6.42 Å². The van der Waals surface area contributed by atoms with Crippen LogP contribution in [0.4, 0.5) is 19.0 Å². The summed E-state index contributed by atoms with van der Waals surface area (Å²) < 4.78 is 57.6. The molecule has 13 heteroatoms. The number of likely N-dealkylation sites (tertiary alicyclic amines) is 1. The fraction of sp³-hybridized carbons (Fsp3) is 0.472. The number of phenols is 1. The third-order valence-electron chi connectivity index (χ3n) is 9.64. The Bertz CT molecular complexity index is 1910. The number of nitrogens with zero attached hydrogens (tertiary/aromatic N) is 5. The highest BCUT2D eigenvalue weighted by Gasteiger charge is 2.42. The van der Waals surface area contributed by atoms with Gasteiger partial charge in [0.1, 0.15) is 40.8 Å². The summed E-state index contributed by atoms with van der Waals surface area (Å²) in [6, 6.07) is 5.54. The molecule has 2 saturated heterocycles. The molecule has 3 N–H and O–H groups in total. The van der Waals surface area contributed by atoms with Gasteiger partial charge in [0, 0.05) is 24.8 Å². The first-order chi connectivity index (χ1) is 23.4. The standard InChI is InChI=1S/C36H42F3N5O5/c1-5-9-36(12-21(13-37)15-43(36)4)20-49-34-41-32-27(33(42-34)44-16-24(17-45)48-19-35(3,47)18-44)14-40-31(30(32)39)26-11-23(46)10-22-7-8-28(38)25(6-2)29(22)26/h7-8,10-11,13-14,24,45-47H,5-6,9,12,15-20H2,1-4H3/b21-13-. The molecule has 2 aliphatic rings. The minimum absolute atomic E-state index is 0.0297. The predicted octanol–water partition coefficient (Wildman–Crippen LogP) is 5.45. The Morgan fingerprint density at radius 1 is 1.18 bits per heavy atom. The highest BCUT2D eigenvalue weighted by Crippen LogP contribution is 2.40. The molecule has 0 saturated carbocycles. The van der Waals surface area contributed by atoms with Crippen molar-refractivity contribution in [2.75, 3.05) is 51.4 Å². The second-order valence-electron chi connectivity index (χ2n) is 13.5. The summed E-state index contributed by atoms with van der Waals surface area (Å²) in [6.45, 7) is 5.73. The van der Waals surface area contributed by atoms with Crippen molar-refractivity contribution >= 4 is 27.5 Å². The van der Waals surface area contributed by atoms with Crippen molar-refractivity contribution in [2.24, 2.45) is 0 Å². The minimum atomic E-state index is -1.35. The lowest BCUT2D eigenvalue weighted by atomic mass is 9.91. The van der Waals surface area contributed by atoms with E-state index in [1.807, 2.05) is 18.9 Å². The van der Waals surface area contributed by atoms with Crippen LogP contribution in [0.2, 0.25) is 0 Å². The third kappa shape index (κ3) is 6.64. The number of aliphatic hydroxyl groups is 2. The summed E-state index contributed by atoms with van der Waals surface area (Å²) >= 11 is 0. The van der Waals surface area contributed by atoms with E-state index in [-0.39, 0.29) is 72.6 Å². The average molecular weight is 682 g/mol. The van der Waals surface area contributed by atoms with E-state index in [1.54, 1.807) is 18.7 Å². The van der Waals surface area contributed by atoms with E-state index in [0.29, 0.717) is 54.0 Å². The summed E-state index contributed by atoms with van der Waals surface area (Å²) in [7, 11) is 1.90. The average Bonchev–Trinajstić information content (AvgIpc) is 3.29. The Labute approximate surface area is 282 Å². The van der Waals surface area contributed by atoms with Crippen molar-refractivity contribution in [1.29, 1.82) is 0 Å². The zero-order chi connectivity index (χ0) is 35.1. The monoisotopic (exact) mass is 681 g/mol. The van der Waals surface area contributed by atoms with Crippen LogP contribution in [0.5, 0.6) is 11.8 Å². The number of likely N-dealkylation sites (N-methyl/N-ethyl adjacent to an activating group) is 1. The first-order valence-corrected chi connectivity index (χ1v) is 16.5. The molecule has 6 rings (SSSR count). The van der Waals surface area contributed by atoms with Gasteiger partial charge in [-0.25, -0.2) is 13.2 Å². The van der Waals surface area contributed by atoms with Crippen LogP contribution in [0.25, 0.3) is 32.9 Å². The molecule has 4 heterocycles. The molecule has 49 heavy (non-hydrogen) atoms. The van der Waals surface area contributed by atoms with Crippen molar-refractivity contribution < 1.29 is 38.0 Å². The number of phenolic OH excluding ortho intramolecular Hbond substituents is 1. The Balaban J connectivity index is 1.54. The minimum Gasteiger partial charge on any atom is -0.508 e. The van der Waals surface area contributed by atoms with Gasteiger partial charge < -0.3 is 29.7 Å². The van der Waals surface area contributed by atoms with Crippen LogP contribution in [-0.2, 0) is 11.2 Å². The maximum atomic E-state index is 17.0. The molecule has 0 amide bonds. The summed E-state index contributed by atoms with van der Waals surface area (Å²) in [5, 5.41) is 32.9. The van der Waals surface area contributed by atoms with Crippen LogP contribution in [0.3, 0.4) is 0 Å². The van der Waals surface area contributed by atoms with E-state index >= 15 is 8.78 Å². The van der Waals surface area contributed by atoms with Gasteiger partial charge in [-0.3, -0.25) is 9.88 Å². The topological polar surface area (TPSA) is 124 Å². The Morgan fingerprint density at radius 2 is 1.98 bits per heavy atom. The number of β-amino-alcohol motifs (C(OH)–C–C–N with tert-alkyl or cyclic N) is 1. The summed E-state index contributed by atoms with van der Waals surface area (Å²) in [5.41, 5.74) is -0.997. The molecule has 0 spiro atoms. The molecule has 2 aromatic heterocycles. The zero-order valence-electron chi connectivity index (χ0n) is 28.1. The van der Waals surface area contributed by atoms with E-state index in [2.05, 4.69) is 9.97 Å². The number of benzene rings is 2. The smallest absolute Gasteiger partial charge is 0.319 e. The lowest BCUT2D eigenvalue weighted by molar-refractivity contribution is -0.0528. The van der Waals surface area contributed by atoms with Gasteiger partial charge in [0.05, 0.1) is 43.1 Å². The highest BCUT2D eigenvalue weighted by atomic mass is 19.1. The fourth-order valence-electron chi connectivity index (χ4n) is 7.27. The second kappa shape index (κ2) is 13.7. The lowest BCUT2D eigenvalue weighted by Gasteiger charge is -2.35. The molecular formula is C36H42F3N5O5. The number of hydrogen-bond acceptors (Lipinski definition) is 10. The van der Waals surface area contributed by atoms with Crippen molar-refractivity contribution in [3.63, 3.8) is 0 Å². The number of rotatable bonds is 9. The summed E-state index contributed by atoms with van der Waals surface area (Å²) in [4.78, 5) is 17.4. The number of fused-ring (bicyclic) bond motifs is 2. The molecule has 3 unspecified atom stereocenters. The first-order valence-electron chi connectivity index (χ1n) is 16.5. The zero-order valence-corrected chi connectivity index (χ0v) is 28.1. The second-order valence-corrected chi connectivity index (χ2v) is 13.5. The van der Waals surface area contributed by atoms with Gasteiger partial charge in [-0.05, 0) is 73.3 Å². The van der Waals surface area contributed by atoms with Crippen LogP contribution in [0, 0.1) is 11.6 Å². The normalized spacial score (nSPS) is 24.3. The van der Waals surface area contributed by atoms with E-state index in [4.69, 9.17) is 14.5 Å². The van der Waals surface area contributed by atoms with Crippen molar-refractivity contribution in [3.8, 4) is 23.0 Å². The van der Waals surface area contributed by atoms with Crippen LogP contribution in [0.1, 0.15) is 45.6 Å². The molecule has 2 aliphatic heterocycles. The van der Waals surface area contributed by atoms with E-state index in [1.165, 1.54) is 30.5 Å². The van der Waals surface area contributed by atoms with Gasteiger partial charge in [-0.1, -0.05) is 26.3 Å². The molecule has 3 atom stereocenters. The number of ether oxygens (including phenoxy) is 2. The molecule has 4 aromatic rings. The number of anilines is 1. The number of hydrogen-bond donors (Lipinski definition) is 3. The quantitative estimate of drug-likeness (QED) is 0.210. The van der Waals surface area contributed by atoms with Crippen molar-refractivity contribution in [2.45, 2.75) is 63.7 Å². The molecule has 2 fully saturated rings. The number of aliphatic hydroxyl groups excluding tert-OH is 1. The Morgan fingerprint density at radius 3 is 2.67 bits per heavy atom. The summed E-state index contributed by atoms with van der Waals surface area (Å²) in [5.74, 6) is -1.24. The van der Waals surface area contributed by atoms with Crippen molar-refractivity contribution in [1.82, 2.24) is 19.9 Å². The van der Waals surface area contributed by atoms with Crippen molar-refractivity contribution in [3.05, 3.63) is 59.6 Å². The molecule has 0 bridgehead atoms. The van der Waals surface area contributed by atoms with Crippen LogP contribution in [-0.4, -0.2) is 98.9 Å². The Kier molecular flexibility index (Phi) is 9.73. The van der Waals surface area contributed by atoms with Gasteiger partial charge in [-0.2, -0.15) is 9.97 Å². The number of pyridine rings is 1.